The first-order valence-electron chi connectivity index (χ1n) is 8.71. The highest BCUT2D eigenvalue weighted by molar-refractivity contribution is 5.81. The van der Waals surface area contributed by atoms with E-state index in [4.69, 9.17) is 0 Å². The molecule has 5 nitrogen and oxygen atoms in total. The topological polar surface area (TPSA) is 78.4 Å². The van der Waals surface area contributed by atoms with Crippen LogP contribution in [-0.4, -0.2) is 35.1 Å². The van der Waals surface area contributed by atoms with E-state index < -0.39 is 0 Å². The number of amides is 2. The number of rotatable bonds is 6. The second kappa shape index (κ2) is 7.44. The van der Waals surface area contributed by atoms with Crippen molar-refractivity contribution < 1.29 is 14.7 Å². The van der Waals surface area contributed by atoms with Crippen LogP contribution in [0, 0.1) is 17.8 Å². The van der Waals surface area contributed by atoms with Gasteiger partial charge in [-0.2, -0.15) is 0 Å². The summed E-state index contributed by atoms with van der Waals surface area (Å²) < 4.78 is 0. The molecule has 2 aliphatic rings. The van der Waals surface area contributed by atoms with Crippen molar-refractivity contribution in [1.82, 2.24) is 10.6 Å². The highest BCUT2D eigenvalue weighted by Gasteiger charge is 2.37. The van der Waals surface area contributed by atoms with Crippen molar-refractivity contribution in [3.05, 3.63) is 0 Å². The normalized spacial score (nSPS) is 32.4. The van der Waals surface area contributed by atoms with E-state index in [1.54, 1.807) is 0 Å². The van der Waals surface area contributed by atoms with E-state index in [9.17, 15) is 14.7 Å². The number of nitrogens with one attached hydrogen (secondary N) is 2. The third-order valence-electron chi connectivity index (χ3n) is 5.24. The van der Waals surface area contributed by atoms with E-state index in [2.05, 4.69) is 24.5 Å². The van der Waals surface area contributed by atoms with Gasteiger partial charge in [-0.3, -0.25) is 9.59 Å². The minimum Gasteiger partial charge on any atom is -0.393 e. The van der Waals surface area contributed by atoms with Gasteiger partial charge in [0.25, 0.3) is 0 Å². The van der Waals surface area contributed by atoms with Crippen molar-refractivity contribution >= 4 is 11.8 Å². The summed E-state index contributed by atoms with van der Waals surface area (Å²) in [6.07, 6.45) is 4.55. The zero-order chi connectivity index (χ0) is 16.3. The van der Waals surface area contributed by atoms with Gasteiger partial charge in [0.2, 0.25) is 11.8 Å². The summed E-state index contributed by atoms with van der Waals surface area (Å²) in [5.74, 6) is 0.468. The Morgan fingerprint density at radius 2 is 1.73 bits per heavy atom. The average Bonchev–Trinajstić information content (AvgIpc) is 2.82. The monoisotopic (exact) mass is 310 g/mol. The smallest absolute Gasteiger partial charge is 0.223 e. The van der Waals surface area contributed by atoms with Crippen molar-refractivity contribution in [3.8, 4) is 0 Å². The number of hydrogen-bond acceptors (Lipinski definition) is 3. The minimum absolute atomic E-state index is 0.0346. The van der Waals surface area contributed by atoms with Gasteiger partial charge in [0.1, 0.15) is 0 Å². The molecule has 0 radical (unpaired) electrons. The first kappa shape index (κ1) is 17.3. The summed E-state index contributed by atoms with van der Waals surface area (Å²) in [4.78, 5) is 24.5. The molecule has 22 heavy (non-hydrogen) atoms. The number of aliphatic hydroxyl groups is 1. The highest BCUT2D eigenvalue weighted by atomic mass is 16.3. The lowest BCUT2D eigenvalue weighted by molar-refractivity contribution is -0.133. The standard InChI is InChI=1S/C17H30N2O3/c1-4-13(10(2)3)17(22)19-15-7-5-6-14(15)18-16(21)11-8-12(20)9-11/h10-15,20H,4-9H2,1-3H3,(H,18,21)(H,19,22)/t11?,12?,13?,14-,15+/m1/s1. The van der Waals surface area contributed by atoms with E-state index >= 15 is 0 Å². The Hall–Kier alpha value is -1.10. The number of aliphatic hydroxyl groups excluding tert-OH is 1. The Bertz CT molecular complexity index is 405. The van der Waals surface area contributed by atoms with E-state index in [-0.39, 0.29) is 41.8 Å². The van der Waals surface area contributed by atoms with Crippen LogP contribution in [-0.2, 0) is 9.59 Å². The molecule has 0 aromatic heterocycles. The Balaban J connectivity index is 1.85. The minimum atomic E-state index is -0.314. The van der Waals surface area contributed by atoms with Crippen LogP contribution in [0.2, 0.25) is 0 Å². The lowest BCUT2D eigenvalue weighted by Gasteiger charge is -2.32. The molecule has 2 amide bonds. The van der Waals surface area contributed by atoms with Gasteiger partial charge in [-0.1, -0.05) is 20.8 Å². The highest BCUT2D eigenvalue weighted by Crippen LogP contribution is 2.28. The van der Waals surface area contributed by atoms with E-state index in [0.29, 0.717) is 18.8 Å². The molecule has 2 rings (SSSR count). The van der Waals surface area contributed by atoms with Crippen LogP contribution in [0.1, 0.15) is 59.3 Å². The molecule has 0 aliphatic heterocycles. The van der Waals surface area contributed by atoms with Crippen LogP contribution in [0.4, 0.5) is 0 Å². The molecule has 2 saturated carbocycles. The van der Waals surface area contributed by atoms with Gasteiger partial charge in [-0.25, -0.2) is 0 Å². The Morgan fingerprint density at radius 1 is 1.14 bits per heavy atom. The zero-order valence-electron chi connectivity index (χ0n) is 14.0. The summed E-state index contributed by atoms with van der Waals surface area (Å²) in [5, 5.41) is 15.5. The van der Waals surface area contributed by atoms with Crippen LogP contribution in [0.5, 0.6) is 0 Å². The van der Waals surface area contributed by atoms with Crippen molar-refractivity contribution in [2.24, 2.45) is 17.8 Å². The van der Waals surface area contributed by atoms with E-state index in [1.807, 2.05) is 6.92 Å². The molecular weight excluding hydrogens is 280 g/mol. The lowest BCUT2D eigenvalue weighted by atomic mass is 9.81. The Labute approximate surface area is 133 Å². The molecule has 5 heteroatoms. The Kier molecular flexibility index (Phi) is 5.84. The third-order valence-corrected chi connectivity index (χ3v) is 5.24. The van der Waals surface area contributed by atoms with Gasteiger partial charge in [-0.05, 0) is 44.4 Å². The molecule has 0 bridgehead atoms. The first-order valence-corrected chi connectivity index (χ1v) is 8.71. The van der Waals surface area contributed by atoms with Crippen LogP contribution in [0.3, 0.4) is 0 Å². The molecule has 2 fully saturated rings. The molecule has 0 heterocycles. The zero-order valence-corrected chi connectivity index (χ0v) is 14.0. The van der Waals surface area contributed by atoms with Gasteiger partial charge >= 0.3 is 0 Å². The van der Waals surface area contributed by atoms with Crippen LogP contribution in [0.25, 0.3) is 0 Å². The molecule has 1 unspecified atom stereocenters. The van der Waals surface area contributed by atoms with Crippen molar-refractivity contribution in [2.75, 3.05) is 0 Å². The van der Waals surface area contributed by atoms with Gasteiger partial charge in [0, 0.05) is 23.9 Å². The average molecular weight is 310 g/mol. The predicted octanol–water partition coefficient (Wildman–Crippen LogP) is 1.59. The molecule has 0 aromatic carbocycles. The fourth-order valence-corrected chi connectivity index (χ4v) is 3.66. The van der Waals surface area contributed by atoms with E-state index in [0.717, 1.165) is 25.7 Å². The van der Waals surface area contributed by atoms with Gasteiger partial charge in [0.15, 0.2) is 0 Å². The van der Waals surface area contributed by atoms with Crippen molar-refractivity contribution in [1.29, 1.82) is 0 Å². The molecule has 0 saturated heterocycles. The molecule has 0 aromatic rings. The van der Waals surface area contributed by atoms with Crippen LogP contribution in [0.15, 0.2) is 0 Å². The van der Waals surface area contributed by atoms with E-state index in [1.165, 1.54) is 0 Å². The SMILES string of the molecule is CCC(C(=O)N[C@H]1CCC[C@H]1NC(=O)C1CC(O)C1)C(C)C. The summed E-state index contributed by atoms with van der Waals surface area (Å²) in [7, 11) is 0. The third kappa shape index (κ3) is 4.00. The van der Waals surface area contributed by atoms with Crippen molar-refractivity contribution in [3.63, 3.8) is 0 Å². The maximum Gasteiger partial charge on any atom is 0.223 e. The van der Waals surface area contributed by atoms with Gasteiger partial charge in [-0.15, -0.1) is 0 Å². The largest absolute Gasteiger partial charge is 0.393 e. The molecule has 126 valence electrons. The predicted molar refractivity (Wildman–Crippen MR) is 85.1 cm³/mol. The second-order valence-corrected chi connectivity index (χ2v) is 7.24. The number of carbonyl (C=O) groups is 2. The number of hydrogen-bond donors (Lipinski definition) is 3. The maximum absolute atomic E-state index is 12.4. The molecule has 3 atom stereocenters. The summed E-state index contributed by atoms with van der Waals surface area (Å²) in [5.41, 5.74) is 0. The molecular formula is C17H30N2O3. The van der Waals surface area contributed by atoms with Gasteiger partial charge in [0.05, 0.1) is 6.10 Å². The molecule has 2 aliphatic carbocycles. The molecule has 3 N–H and O–H groups in total. The number of carbonyl (C=O) groups excluding carboxylic acids is 2. The first-order chi connectivity index (χ1) is 10.4. The molecule has 0 spiro atoms. The van der Waals surface area contributed by atoms with Crippen molar-refractivity contribution in [2.45, 2.75) is 77.5 Å². The quantitative estimate of drug-likeness (QED) is 0.697. The summed E-state index contributed by atoms with van der Waals surface area (Å²) in [6.45, 7) is 6.19. The second-order valence-electron chi connectivity index (χ2n) is 7.24. The lowest BCUT2D eigenvalue weighted by Crippen LogP contribution is -2.53. The maximum atomic E-state index is 12.4. The Morgan fingerprint density at radius 3 is 2.23 bits per heavy atom. The van der Waals surface area contributed by atoms with Crippen LogP contribution < -0.4 is 10.6 Å². The summed E-state index contributed by atoms with van der Waals surface area (Å²) in [6, 6.07) is 0.0908. The fraction of sp³-hybridized carbons (Fsp3) is 0.882. The fourth-order valence-electron chi connectivity index (χ4n) is 3.66. The summed E-state index contributed by atoms with van der Waals surface area (Å²) >= 11 is 0. The van der Waals surface area contributed by atoms with Crippen LogP contribution >= 0.6 is 0 Å². The van der Waals surface area contributed by atoms with Gasteiger partial charge < -0.3 is 15.7 Å².